The number of benzene rings is 1. The Morgan fingerprint density at radius 2 is 2.19 bits per heavy atom. The highest BCUT2D eigenvalue weighted by Crippen LogP contribution is 2.16. The van der Waals surface area contributed by atoms with Crippen LogP contribution >= 0.6 is 0 Å². The van der Waals surface area contributed by atoms with E-state index in [2.05, 4.69) is 5.32 Å². The van der Waals surface area contributed by atoms with E-state index in [1.807, 2.05) is 20.8 Å². The summed E-state index contributed by atoms with van der Waals surface area (Å²) in [7, 11) is 0. The number of aryl methyl sites for hydroxylation is 1. The van der Waals surface area contributed by atoms with Crippen LogP contribution in [0.2, 0.25) is 0 Å². The molecule has 0 aromatic heterocycles. The second kappa shape index (κ2) is 7.03. The van der Waals surface area contributed by atoms with Gasteiger partial charge in [-0.2, -0.15) is 0 Å². The van der Waals surface area contributed by atoms with Crippen LogP contribution in [0.15, 0.2) is 18.2 Å². The van der Waals surface area contributed by atoms with E-state index < -0.39 is 5.82 Å². The van der Waals surface area contributed by atoms with Gasteiger partial charge < -0.3 is 10.2 Å². The number of piperidine rings is 1. The maximum absolute atomic E-state index is 14.0. The first-order valence-corrected chi connectivity index (χ1v) is 7.79. The summed E-state index contributed by atoms with van der Waals surface area (Å²) in [6.07, 6.45) is 3.46. The average Bonchev–Trinajstić information content (AvgIpc) is 2.45. The first kappa shape index (κ1) is 16.0. The van der Waals surface area contributed by atoms with Crippen molar-refractivity contribution in [2.24, 2.45) is 0 Å². The van der Waals surface area contributed by atoms with Crippen LogP contribution < -0.4 is 5.32 Å². The largest absolute Gasteiger partial charge is 0.335 e. The zero-order chi connectivity index (χ0) is 15.4. The minimum atomic E-state index is -0.428. The molecule has 1 heterocycles. The molecule has 21 heavy (non-hydrogen) atoms. The van der Waals surface area contributed by atoms with Crippen molar-refractivity contribution >= 4 is 5.91 Å². The van der Waals surface area contributed by atoms with Crippen molar-refractivity contribution in [1.29, 1.82) is 0 Å². The molecule has 1 saturated heterocycles. The van der Waals surface area contributed by atoms with Gasteiger partial charge >= 0.3 is 0 Å². The Kier molecular flexibility index (Phi) is 5.34. The topological polar surface area (TPSA) is 32.3 Å². The van der Waals surface area contributed by atoms with Gasteiger partial charge in [0.2, 0.25) is 0 Å². The van der Waals surface area contributed by atoms with Gasteiger partial charge in [0.05, 0.1) is 5.56 Å². The molecule has 1 aliphatic rings. The Bertz CT molecular complexity index is 496. The predicted molar refractivity (Wildman–Crippen MR) is 83.0 cm³/mol. The number of hydrogen-bond acceptors (Lipinski definition) is 2. The van der Waals surface area contributed by atoms with Crippen molar-refractivity contribution in [3.05, 3.63) is 35.1 Å². The van der Waals surface area contributed by atoms with Crippen molar-refractivity contribution in [2.45, 2.75) is 52.1 Å². The molecule has 1 unspecified atom stereocenters. The summed E-state index contributed by atoms with van der Waals surface area (Å²) >= 11 is 0. The van der Waals surface area contributed by atoms with Gasteiger partial charge in [-0.15, -0.1) is 0 Å². The van der Waals surface area contributed by atoms with E-state index in [0.29, 0.717) is 12.6 Å². The summed E-state index contributed by atoms with van der Waals surface area (Å²) in [5.41, 5.74) is 0.999. The minimum absolute atomic E-state index is 0.0573. The minimum Gasteiger partial charge on any atom is -0.335 e. The average molecular weight is 292 g/mol. The van der Waals surface area contributed by atoms with Gasteiger partial charge in [0.25, 0.3) is 5.91 Å². The van der Waals surface area contributed by atoms with Gasteiger partial charge in [-0.25, -0.2) is 4.39 Å². The van der Waals surface area contributed by atoms with Crippen LogP contribution in [0.4, 0.5) is 4.39 Å². The van der Waals surface area contributed by atoms with E-state index in [1.165, 1.54) is 18.9 Å². The lowest BCUT2D eigenvalue weighted by Gasteiger charge is -2.33. The van der Waals surface area contributed by atoms with Crippen molar-refractivity contribution < 1.29 is 9.18 Å². The summed E-state index contributed by atoms with van der Waals surface area (Å²) in [6.45, 7) is 7.43. The number of halogens is 1. The van der Waals surface area contributed by atoms with Crippen molar-refractivity contribution in [3.8, 4) is 0 Å². The van der Waals surface area contributed by atoms with E-state index >= 15 is 0 Å². The summed E-state index contributed by atoms with van der Waals surface area (Å²) < 4.78 is 14.0. The molecule has 3 nitrogen and oxygen atoms in total. The second-order valence-electron chi connectivity index (χ2n) is 6.18. The molecule has 0 bridgehead atoms. The zero-order valence-electron chi connectivity index (χ0n) is 13.2. The molecule has 1 fully saturated rings. The third kappa shape index (κ3) is 4.03. The summed E-state index contributed by atoms with van der Waals surface area (Å²) in [5, 5.41) is 3.45. The smallest absolute Gasteiger partial charge is 0.257 e. The number of carbonyl (C=O) groups excluding carboxylic acids is 1. The van der Waals surface area contributed by atoms with Crippen LogP contribution in [0.25, 0.3) is 0 Å². The molecule has 0 radical (unpaired) electrons. The fourth-order valence-corrected chi connectivity index (χ4v) is 2.79. The van der Waals surface area contributed by atoms with E-state index in [0.717, 1.165) is 18.5 Å². The van der Waals surface area contributed by atoms with E-state index in [-0.39, 0.29) is 17.5 Å². The van der Waals surface area contributed by atoms with Crippen molar-refractivity contribution in [3.63, 3.8) is 0 Å². The fraction of sp³-hybridized carbons (Fsp3) is 0.588. The summed E-state index contributed by atoms with van der Waals surface area (Å²) in [4.78, 5) is 14.4. The Labute approximate surface area is 126 Å². The monoisotopic (exact) mass is 292 g/mol. The van der Waals surface area contributed by atoms with Crippen LogP contribution in [-0.2, 0) is 0 Å². The molecule has 116 valence electrons. The number of nitrogens with zero attached hydrogens (tertiary/aromatic N) is 1. The molecular formula is C17H25FN2O. The quantitative estimate of drug-likeness (QED) is 0.924. The van der Waals surface area contributed by atoms with Gasteiger partial charge in [0.1, 0.15) is 5.82 Å². The Morgan fingerprint density at radius 3 is 2.76 bits per heavy atom. The first-order valence-electron chi connectivity index (χ1n) is 7.79. The highest BCUT2D eigenvalue weighted by molar-refractivity contribution is 5.94. The van der Waals surface area contributed by atoms with Crippen LogP contribution in [0.3, 0.4) is 0 Å². The number of hydrogen-bond donors (Lipinski definition) is 1. The predicted octanol–water partition coefficient (Wildman–Crippen LogP) is 3.13. The zero-order valence-corrected chi connectivity index (χ0v) is 13.2. The molecule has 0 saturated carbocycles. The number of rotatable bonds is 4. The highest BCUT2D eigenvalue weighted by Gasteiger charge is 2.25. The molecule has 4 heteroatoms. The summed E-state index contributed by atoms with van der Waals surface area (Å²) in [5.74, 6) is -0.642. The number of carbonyl (C=O) groups is 1. The molecule has 1 atom stereocenters. The Hall–Kier alpha value is -1.42. The van der Waals surface area contributed by atoms with Crippen LogP contribution in [0.5, 0.6) is 0 Å². The molecule has 0 spiro atoms. The van der Waals surface area contributed by atoms with Gasteiger partial charge in [-0.3, -0.25) is 4.79 Å². The molecule has 1 amide bonds. The lowest BCUT2D eigenvalue weighted by molar-refractivity contribution is 0.0672. The molecular weight excluding hydrogens is 267 g/mol. The molecule has 1 aromatic rings. The third-order valence-corrected chi connectivity index (χ3v) is 4.07. The van der Waals surface area contributed by atoms with Crippen LogP contribution in [0.1, 0.15) is 49.0 Å². The second-order valence-corrected chi connectivity index (χ2v) is 6.18. The fourth-order valence-electron chi connectivity index (χ4n) is 2.79. The van der Waals surface area contributed by atoms with Crippen molar-refractivity contribution in [2.75, 3.05) is 13.1 Å². The van der Waals surface area contributed by atoms with Gasteiger partial charge in [-0.05, 0) is 57.9 Å². The van der Waals surface area contributed by atoms with E-state index in [1.54, 1.807) is 17.0 Å². The maximum Gasteiger partial charge on any atom is 0.257 e. The normalized spacial score (nSPS) is 18.8. The SMILES string of the molecule is Cc1ccc(C(=O)N(CC2CCCCN2)C(C)C)c(F)c1. The Balaban J connectivity index is 2.14. The van der Waals surface area contributed by atoms with Gasteiger partial charge in [0, 0.05) is 18.6 Å². The molecule has 1 aromatic carbocycles. The van der Waals surface area contributed by atoms with Crippen molar-refractivity contribution in [1.82, 2.24) is 10.2 Å². The molecule has 1 N–H and O–H groups in total. The van der Waals surface area contributed by atoms with Gasteiger partial charge in [0.15, 0.2) is 0 Å². The Morgan fingerprint density at radius 1 is 1.43 bits per heavy atom. The number of amides is 1. The first-order chi connectivity index (χ1) is 9.99. The third-order valence-electron chi connectivity index (χ3n) is 4.07. The van der Waals surface area contributed by atoms with Crippen LogP contribution in [0, 0.1) is 12.7 Å². The van der Waals surface area contributed by atoms with Crippen LogP contribution in [-0.4, -0.2) is 36.0 Å². The summed E-state index contributed by atoms with van der Waals surface area (Å²) in [6, 6.07) is 5.18. The standard InChI is InChI=1S/C17H25FN2O/c1-12(2)20(11-14-6-4-5-9-19-14)17(21)15-8-7-13(3)10-16(15)18/h7-8,10,12,14,19H,4-6,9,11H2,1-3H3. The molecule has 2 rings (SSSR count). The van der Waals surface area contributed by atoms with Gasteiger partial charge in [-0.1, -0.05) is 12.5 Å². The molecule has 0 aliphatic carbocycles. The number of nitrogens with one attached hydrogen (secondary N) is 1. The maximum atomic E-state index is 14.0. The van der Waals surface area contributed by atoms with E-state index in [4.69, 9.17) is 0 Å². The van der Waals surface area contributed by atoms with E-state index in [9.17, 15) is 9.18 Å². The lowest BCUT2D eigenvalue weighted by atomic mass is 10.0. The lowest BCUT2D eigenvalue weighted by Crippen LogP contribution is -2.48. The molecule has 1 aliphatic heterocycles. The highest BCUT2D eigenvalue weighted by atomic mass is 19.1.